The van der Waals surface area contributed by atoms with Crippen molar-refractivity contribution in [2.45, 2.75) is 50.8 Å². The molecule has 0 unspecified atom stereocenters. The maximum atomic E-state index is 12.5. The Hall–Kier alpha value is -2.34. The summed E-state index contributed by atoms with van der Waals surface area (Å²) in [4.78, 5) is 4.47. The van der Waals surface area contributed by atoms with Gasteiger partial charge in [0.2, 0.25) is 0 Å². The van der Waals surface area contributed by atoms with E-state index in [0.717, 1.165) is 29.8 Å². The first-order chi connectivity index (χ1) is 12.9. The van der Waals surface area contributed by atoms with E-state index in [0.29, 0.717) is 5.82 Å². The van der Waals surface area contributed by atoms with E-state index in [1.165, 1.54) is 31.3 Å². The summed E-state index contributed by atoms with van der Waals surface area (Å²) < 4.78 is 27.6. The zero-order valence-corrected chi connectivity index (χ0v) is 16.8. The molecular weight excluding hydrogens is 358 g/mol. The summed E-state index contributed by atoms with van der Waals surface area (Å²) in [5.74, 6) is 0.314. The highest BCUT2D eigenvalue weighted by Crippen LogP contribution is 2.21. The highest BCUT2D eigenvalue weighted by Gasteiger charge is 2.15. The van der Waals surface area contributed by atoms with Crippen LogP contribution in [0.2, 0.25) is 0 Å². The standard InChI is InChI=1S/C21H27N3O2S/c1-16-8-10-20(14-17(16)2)27(25,26)24-21-11-9-19(15-23-21)22-13-12-18-6-4-3-5-7-18/h6,8-11,14-15,22H,3-5,7,12-13H2,1-2H3,(H,23,24). The molecule has 2 aromatic rings. The van der Waals surface area contributed by atoms with E-state index < -0.39 is 10.0 Å². The summed E-state index contributed by atoms with van der Waals surface area (Å²) in [5.41, 5.74) is 4.42. The second-order valence-corrected chi connectivity index (χ2v) is 8.75. The molecule has 5 nitrogen and oxygen atoms in total. The smallest absolute Gasteiger partial charge is 0.263 e. The predicted octanol–water partition coefficient (Wildman–Crippen LogP) is 4.80. The molecule has 0 saturated carbocycles. The summed E-state index contributed by atoms with van der Waals surface area (Å²) in [6.07, 6.45) is 10.1. The summed E-state index contributed by atoms with van der Waals surface area (Å²) >= 11 is 0. The Balaban J connectivity index is 1.58. The number of benzene rings is 1. The molecule has 0 atom stereocenters. The van der Waals surface area contributed by atoms with Crippen LogP contribution in [0.25, 0.3) is 0 Å². The summed E-state index contributed by atoms with van der Waals surface area (Å²) in [6, 6.07) is 8.63. The summed E-state index contributed by atoms with van der Waals surface area (Å²) in [5, 5.41) is 3.35. The summed E-state index contributed by atoms with van der Waals surface area (Å²) in [6.45, 7) is 4.72. The van der Waals surface area contributed by atoms with Crippen LogP contribution in [0.15, 0.2) is 53.1 Å². The number of sulfonamides is 1. The number of nitrogens with zero attached hydrogens (tertiary/aromatic N) is 1. The molecule has 0 bridgehead atoms. The average Bonchev–Trinajstić information content (AvgIpc) is 2.66. The van der Waals surface area contributed by atoms with Crippen molar-refractivity contribution in [3.63, 3.8) is 0 Å². The SMILES string of the molecule is Cc1ccc(S(=O)(=O)Nc2ccc(NCCC3=CCCCC3)cn2)cc1C. The van der Waals surface area contributed by atoms with Gasteiger partial charge in [-0.1, -0.05) is 17.7 Å². The highest BCUT2D eigenvalue weighted by molar-refractivity contribution is 7.92. The van der Waals surface area contributed by atoms with Gasteiger partial charge in [0.15, 0.2) is 0 Å². The molecule has 2 N–H and O–H groups in total. The van der Waals surface area contributed by atoms with Crippen LogP contribution in [0.4, 0.5) is 11.5 Å². The lowest BCUT2D eigenvalue weighted by molar-refractivity contribution is 0.601. The van der Waals surface area contributed by atoms with Crippen molar-refractivity contribution in [1.82, 2.24) is 4.98 Å². The first-order valence-corrected chi connectivity index (χ1v) is 10.9. The first kappa shape index (κ1) is 19.4. The molecule has 1 aliphatic rings. The van der Waals surface area contributed by atoms with Crippen molar-refractivity contribution in [1.29, 1.82) is 0 Å². The molecule has 0 saturated heterocycles. The van der Waals surface area contributed by atoms with Crippen molar-refractivity contribution < 1.29 is 8.42 Å². The molecule has 1 aliphatic carbocycles. The third-order valence-electron chi connectivity index (χ3n) is 4.95. The number of anilines is 2. The Labute approximate surface area is 162 Å². The minimum Gasteiger partial charge on any atom is -0.383 e. The number of allylic oxidation sites excluding steroid dienone is 1. The minimum atomic E-state index is -3.64. The molecule has 27 heavy (non-hydrogen) atoms. The van der Waals surface area contributed by atoms with Crippen molar-refractivity contribution in [2.75, 3.05) is 16.6 Å². The molecule has 6 heteroatoms. The van der Waals surface area contributed by atoms with E-state index in [2.05, 4.69) is 21.1 Å². The van der Waals surface area contributed by atoms with E-state index in [1.807, 2.05) is 26.0 Å². The fourth-order valence-electron chi connectivity index (χ4n) is 3.14. The van der Waals surface area contributed by atoms with Gasteiger partial charge in [-0.25, -0.2) is 13.4 Å². The van der Waals surface area contributed by atoms with Gasteiger partial charge in [-0.3, -0.25) is 4.72 Å². The van der Waals surface area contributed by atoms with Crippen molar-refractivity contribution >= 4 is 21.5 Å². The quantitative estimate of drug-likeness (QED) is 0.672. The van der Waals surface area contributed by atoms with Crippen LogP contribution < -0.4 is 10.0 Å². The van der Waals surface area contributed by atoms with Crippen LogP contribution in [-0.4, -0.2) is 19.9 Å². The molecule has 0 spiro atoms. The lowest BCUT2D eigenvalue weighted by Gasteiger charge is -2.13. The van der Waals surface area contributed by atoms with Gasteiger partial charge in [0.25, 0.3) is 10.0 Å². The lowest BCUT2D eigenvalue weighted by Crippen LogP contribution is -2.14. The molecule has 144 valence electrons. The van der Waals surface area contributed by atoms with Gasteiger partial charge in [-0.15, -0.1) is 0 Å². The minimum absolute atomic E-state index is 0.246. The number of hydrogen-bond donors (Lipinski definition) is 2. The van der Waals surface area contributed by atoms with E-state index in [9.17, 15) is 8.42 Å². The average molecular weight is 386 g/mol. The van der Waals surface area contributed by atoms with Crippen LogP contribution in [0, 0.1) is 13.8 Å². The van der Waals surface area contributed by atoms with Gasteiger partial charge < -0.3 is 5.32 Å². The van der Waals surface area contributed by atoms with Gasteiger partial charge in [-0.2, -0.15) is 0 Å². The zero-order valence-electron chi connectivity index (χ0n) is 16.0. The third kappa shape index (κ3) is 5.32. The fourth-order valence-corrected chi connectivity index (χ4v) is 4.23. The largest absolute Gasteiger partial charge is 0.383 e. The van der Waals surface area contributed by atoms with E-state index >= 15 is 0 Å². The van der Waals surface area contributed by atoms with Gasteiger partial charge >= 0.3 is 0 Å². The van der Waals surface area contributed by atoms with Gasteiger partial charge in [0, 0.05) is 6.54 Å². The van der Waals surface area contributed by atoms with Gasteiger partial charge in [0.1, 0.15) is 5.82 Å². The highest BCUT2D eigenvalue weighted by atomic mass is 32.2. The molecule has 0 aliphatic heterocycles. The number of nitrogens with one attached hydrogen (secondary N) is 2. The first-order valence-electron chi connectivity index (χ1n) is 9.42. The molecule has 1 aromatic carbocycles. The van der Waals surface area contributed by atoms with E-state index in [4.69, 9.17) is 0 Å². The Bertz CT molecular complexity index is 919. The molecule has 1 aromatic heterocycles. The predicted molar refractivity (Wildman–Crippen MR) is 111 cm³/mol. The number of pyridine rings is 1. The Morgan fingerprint density at radius 3 is 2.59 bits per heavy atom. The van der Waals surface area contributed by atoms with Crippen LogP contribution in [0.3, 0.4) is 0 Å². The lowest BCUT2D eigenvalue weighted by atomic mass is 9.97. The van der Waals surface area contributed by atoms with E-state index in [1.54, 1.807) is 24.4 Å². The molecule has 0 amide bonds. The molecule has 0 fully saturated rings. The van der Waals surface area contributed by atoms with Gasteiger partial charge in [0.05, 0.1) is 16.8 Å². The number of hydrogen-bond acceptors (Lipinski definition) is 4. The topological polar surface area (TPSA) is 71.1 Å². The maximum Gasteiger partial charge on any atom is 0.263 e. The van der Waals surface area contributed by atoms with Gasteiger partial charge in [-0.05, 0) is 81.3 Å². The second-order valence-electron chi connectivity index (χ2n) is 7.07. The maximum absolute atomic E-state index is 12.5. The molecule has 1 heterocycles. The Kier molecular flexibility index (Phi) is 6.16. The Morgan fingerprint density at radius 2 is 1.93 bits per heavy atom. The van der Waals surface area contributed by atoms with Crippen LogP contribution in [-0.2, 0) is 10.0 Å². The number of rotatable bonds is 7. The van der Waals surface area contributed by atoms with Crippen molar-refractivity contribution in [3.8, 4) is 0 Å². The number of aromatic nitrogens is 1. The Morgan fingerprint density at radius 1 is 1.07 bits per heavy atom. The van der Waals surface area contributed by atoms with E-state index in [-0.39, 0.29) is 4.90 Å². The monoisotopic (exact) mass is 385 g/mol. The second kappa shape index (κ2) is 8.57. The van der Waals surface area contributed by atoms with Crippen molar-refractivity contribution in [2.24, 2.45) is 0 Å². The van der Waals surface area contributed by atoms with Crippen molar-refractivity contribution in [3.05, 3.63) is 59.3 Å². The normalized spacial score (nSPS) is 14.5. The number of aryl methyl sites for hydroxylation is 2. The molecule has 3 rings (SSSR count). The zero-order chi connectivity index (χ0) is 19.3. The van der Waals surface area contributed by atoms with Crippen LogP contribution in [0.1, 0.15) is 43.2 Å². The fraction of sp³-hybridized carbons (Fsp3) is 0.381. The van der Waals surface area contributed by atoms with Crippen LogP contribution >= 0.6 is 0 Å². The van der Waals surface area contributed by atoms with Crippen LogP contribution in [0.5, 0.6) is 0 Å². The summed E-state index contributed by atoms with van der Waals surface area (Å²) in [7, 11) is -3.64. The molecule has 0 radical (unpaired) electrons. The molecular formula is C21H27N3O2S. The third-order valence-corrected chi connectivity index (χ3v) is 6.30.